The first-order valence-corrected chi connectivity index (χ1v) is 9.27. The first kappa shape index (κ1) is 17.3. The van der Waals surface area contributed by atoms with Crippen molar-refractivity contribution in [1.29, 1.82) is 0 Å². The highest BCUT2D eigenvalue weighted by atomic mass is 32.2. The molecule has 3 rings (SSSR count). The van der Waals surface area contributed by atoms with Crippen LogP contribution in [0.15, 0.2) is 41.3 Å². The average Bonchev–Trinajstić information content (AvgIpc) is 2.77. The number of ether oxygens (including phenoxy) is 1. The summed E-state index contributed by atoms with van der Waals surface area (Å²) in [5.74, 6) is 0.166. The van der Waals surface area contributed by atoms with Crippen LogP contribution < -0.4 is 14.8 Å². The van der Waals surface area contributed by atoms with Crippen molar-refractivity contribution in [2.24, 2.45) is 0 Å². The molecule has 0 radical (unpaired) electrons. The number of methoxy groups -OCH3 is 1. The van der Waals surface area contributed by atoms with Crippen molar-refractivity contribution in [3.8, 4) is 5.75 Å². The standard InChI is InChI=1S/C18H20N2O4S/c1-11-5-8-15(24-4)16(9-11)25(22,23)20-12-6-7-14-13(10-12)18(2,3)17(21)19-14/h5-10,20H,1-4H3,(H,19,21). The molecule has 0 fully saturated rings. The zero-order valence-electron chi connectivity index (χ0n) is 14.5. The minimum Gasteiger partial charge on any atom is -0.495 e. The summed E-state index contributed by atoms with van der Waals surface area (Å²) in [6.45, 7) is 5.42. The highest BCUT2D eigenvalue weighted by Gasteiger charge is 2.38. The van der Waals surface area contributed by atoms with Crippen LogP contribution in [0.4, 0.5) is 11.4 Å². The second-order valence-corrected chi connectivity index (χ2v) is 8.25. The number of nitrogens with one attached hydrogen (secondary N) is 2. The Kier molecular flexibility index (Phi) is 3.99. The molecule has 7 heteroatoms. The van der Waals surface area contributed by atoms with Crippen LogP contribution in [0, 0.1) is 6.92 Å². The fraction of sp³-hybridized carbons (Fsp3) is 0.278. The van der Waals surface area contributed by atoms with E-state index in [-0.39, 0.29) is 16.6 Å². The Labute approximate surface area is 147 Å². The highest BCUT2D eigenvalue weighted by Crippen LogP contribution is 2.39. The van der Waals surface area contributed by atoms with Gasteiger partial charge in [-0.3, -0.25) is 9.52 Å². The van der Waals surface area contributed by atoms with Crippen molar-refractivity contribution >= 4 is 27.3 Å². The number of anilines is 2. The molecular weight excluding hydrogens is 340 g/mol. The Hall–Kier alpha value is -2.54. The number of carbonyl (C=O) groups is 1. The Bertz CT molecular complexity index is 965. The molecule has 132 valence electrons. The molecule has 6 nitrogen and oxygen atoms in total. The molecule has 2 N–H and O–H groups in total. The molecule has 2 aromatic rings. The Morgan fingerprint density at radius 1 is 1.12 bits per heavy atom. The molecule has 0 bridgehead atoms. The number of amides is 1. The van der Waals surface area contributed by atoms with Crippen molar-refractivity contribution in [3.63, 3.8) is 0 Å². The molecule has 0 aromatic heterocycles. The monoisotopic (exact) mass is 360 g/mol. The fourth-order valence-electron chi connectivity index (χ4n) is 2.84. The molecular formula is C18H20N2O4S. The van der Waals surface area contributed by atoms with Gasteiger partial charge in [0.05, 0.1) is 12.5 Å². The van der Waals surface area contributed by atoms with Crippen molar-refractivity contribution in [3.05, 3.63) is 47.5 Å². The molecule has 0 atom stereocenters. The maximum Gasteiger partial charge on any atom is 0.265 e. The molecule has 0 spiro atoms. The first-order valence-electron chi connectivity index (χ1n) is 7.78. The van der Waals surface area contributed by atoms with Gasteiger partial charge in [0.15, 0.2) is 0 Å². The molecule has 0 saturated carbocycles. The summed E-state index contributed by atoms with van der Waals surface area (Å²) in [5.41, 5.74) is 1.95. The van der Waals surface area contributed by atoms with E-state index in [1.54, 1.807) is 50.2 Å². The van der Waals surface area contributed by atoms with Gasteiger partial charge in [-0.05, 0) is 62.2 Å². The molecule has 0 aliphatic carbocycles. The van der Waals surface area contributed by atoms with E-state index in [1.165, 1.54) is 7.11 Å². The van der Waals surface area contributed by atoms with E-state index in [1.807, 2.05) is 6.92 Å². The number of sulfonamides is 1. The van der Waals surface area contributed by atoms with Crippen LogP contribution >= 0.6 is 0 Å². The lowest BCUT2D eigenvalue weighted by atomic mass is 9.86. The quantitative estimate of drug-likeness (QED) is 0.878. The predicted molar refractivity (Wildman–Crippen MR) is 96.6 cm³/mol. The molecule has 1 heterocycles. The van der Waals surface area contributed by atoms with Crippen LogP contribution in [-0.4, -0.2) is 21.4 Å². The number of rotatable bonds is 4. The van der Waals surface area contributed by atoms with Gasteiger partial charge in [-0.2, -0.15) is 0 Å². The van der Waals surface area contributed by atoms with Crippen molar-refractivity contribution < 1.29 is 17.9 Å². The van der Waals surface area contributed by atoms with Crippen LogP contribution in [0.1, 0.15) is 25.0 Å². The summed E-state index contributed by atoms with van der Waals surface area (Å²) >= 11 is 0. The molecule has 0 saturated heterocycles. The minimum atomic E-state index is -3.83. The number of fused-ring (bicyclic) bond motifs is 1. The largest absolute Gasteiger partial charge is 0.495 e. The molecule has 25 heavy (non-hydrogen) atoms. The topological polar surface area (TPSA) is 84.5 Å². The van der Waals surface area contributed by atoms with Crippen LogP contribution in [0.25, 0.3) is 0 Å². The SMILES string of the molecule is COc1ccc(C)cc1S(=O)(=O)Nc1ccc2c(c1)C(C)(C)C(=O)N2. The summed E-state index contributed by atoms with van der Waals surface area (Å²) in [5, 5.41) is 2.80. The molecule has 0 unspecified atom stereocenters. The van der Waals surface area contributed by atoms with Crippen LogP contribution in [0.3, 0.4) is 0 Å². The Morgan fingerprint density at radius 3 is 2.52 bits per heavy atom. The zero-order chi connectivity index (χ0) is 18.4. The van der Waals surface area contributed by atoms with Crippen LogP contribution in [0.5, 0.6) is 5.75 Å². The smallest absolute Gasteiger partial charge is 0.265 e. The predicted octanol–water partition coefficient (Wildman–Crippen LogP) is 3.03. The number of benzene rings is 2. The minimum absolute atomic E-state index is 0.0731. The van der Waals surface area contributed by atoms with Gasteiger partial charge in [0, 0.05) is 11.4 Å². The second kappa shape index (κ2) is 5.77. The third-order valence-electron chi connectivity index (χ3n) is 4.37. The van der Waals surface area contributed by atoms with Gasteiger partial charge in [-0.15, -0.1) is 0 Å². The van der Waals surface area contributed by atoms with Gasteiger partial charge >= 0.3 is 0 Å². The maximum absolute atomic E-state index is 12.8. The van der Waals surface area contributed by atoms with E-state index < -0.39 is 15.4 Å². The summed E-state index contributed by atoms with van der Waals surface area (Å²) < 4.78 is 33.3. The number of aryl methyl sites for hydroxylation is 1. The second-order valence-electron chi connectivity index (χ2n) is 6.60. The first-order chi connectivity index (χ1) is 11.6. The van der Waals surface area contributed by atoms with E-state index in [2.05, 4.69) is 10.0 Å². The third kappa shape index (κ3) is 2.95. The van der Waals surface area contributed by atoms with Crippen LogP contribution in [0.2, 0.25) is 0 Å². The molecule has 1 amide bonds. The lowest BCUT2D eigenvalue weighted by Gasteiger charge is -2.17. The fourth-order valence-corrected chi connectivity index (χ4v) is 4.14. The summed E-state index contributed by atoms with van der Waals surface area (Å²) in [6.07, 6.45) is 0. The third-order valence-corrected chi connectivity index (χ3v) is 5.77. The van der Waals surface area contributed by atoms with Gasteiger partial charge in [0.2, 0.25) is 5.91 Å². The lowest BCUT2D eigenvalue weighted by molar-refractivity contribution is -0.119. The van der Waals surface area contributed by atoms with Gasteiger partial charge in [-0.25, -0.2) is 8.42 Å². The molecule has 1 aliphatic rings. The van der Waals surface area contributed by atoms with Crippen molar-refractivity contribution in [1.82, 2.24) is 0 Å². The van der Waals surface area contributed by atoms with E-state index in [9.17, 15) is 13.2 Å². The van der Waals surface area contributed by atoms with E-state index in [0.29, 0.717) is 11.4 Å². The van der Waals surface area contributed by atoms with Gasteiger partial charge in [-0.1, -0.05) is 6.07 Å². The highest BCUT2D eigenvalue weighted by molar-refractivity contribution is 7.92. The molecule has 1 aliphatic heterocycles. The van der Waals surface area contributed by atoms with Crippen molar-refractivity contribution in [2.75, 3.05) is 17.1 Å². The summed E-state index contributed by atoms with van der Waals surface area (Å²) in [6, 6.07) is 9.98. The maximum atomic E-state index is 12.8. The Balaban J connectivity index is 2.00. The number of hydrogen-bond acceptors (Lipinski definition) is 4. The van der Waals surface area contributed by atoms with Gasteiger partial charge < -0.3 is 10.1 Å². The van der Waals surface area contributed by atoms with Gasteiger partial charge in [0.25, 0.3) is 10.0 Å². The normalized spacial score (nSPS) is 15.4. The molecule has 2 aromatic carbocycles. The average molecular weight is 360 g/mol. The zero-order valence-corrected chi connectivity index (χ0v) is 15.3. The number of carbonyl (C=O) groups excluding carboxylic acids is 1. The van der Waals surface area contributed by atoms with Crippen LogP contribution in [-0.2, 0) is 20.2 Å². The Morgan fingerprint density at radius 2 is 1.84 bits per heavy atom. The van der Waals surface area contributed by atoms with Gasteiger partial charge in [0.1, 0.15) is 10.6 Å². The lowest BCUT2D eigenvalue weighted by Crippen LogP contribution is -2.26. The number of hydrogen-bond donors (Lipinski definition) is 2. The summed E-state index contributed by atoms with van der Waals surface area (Å²) in [4.78, 5) is 12.1. The van der Waals surface area contributed by atoms with Crippen molar-refractivity contribution in [2.45, 2.75) is 31.1 Å². The van der Waals surface area contributed by atoms with E-state index >= 15 is 0 Å². The van der Waals surface area contributed by atoms with E-state index in [4.69, 9.17) is 4.74 Å². The summed E-state index contributed by atoms with van der Waals surface area (Å²) in [7, 11) is -2.40. The van der Waals surface area contributed by atoms with E-state index in [0.717, 1.165) is 11.1 Å².